The van der Waals surface area contributed by atoms with Crippen LogP contribution in [0.2, 0.25) is 0 Å². The van der Waals surface area contributed by atoms with Crippen molar-refractivity contribution < 1.29 is 9.13 Å². The predicted octanol–water partition coefficient (Wildman–Crippen LogP) is 3.36. The molecule has 3 heteroatoms. The number of hydrogen-bond donors (Lipinski definition) is 1. The van der Waals surface area contributed by atoms with Gasteiger partial charge in [0.1, 0.15) is 5.82 Å². The van der Waals surface area contributed by atoms with Crippen molar-refractivity contribution in [2.75, 3.05) is 11.9 Å². The Bertz CT molecular complexity index is 472. The molecule has 1 aliphatic carbocycles. The van der Waals surface area contributed by atoms with E-state index in [1.165, 1.54) is 6.07 Å². The molecule has 0 radical (unpaired) electrons. The van der Waals surface area contributed by atoms with E-state index in [1.54, 1.807) is 6.07 Å². The number of rotatable bonds is 2. The molecule has 0 amide bonds. The highest BCUT2D eigenvalue weighted by Crippen LogP contribution is 2.53. The van der Waals surface area contributed by atoms with Crippen LogP contribution in [0.1, 0.15) is 25.8 Å². The minimum absolute atomic E-state index is 0.0807. The Morgan fingerprint density at radius 2 is 2.17 bits per heavy atom. The molecule has 18 heavy (non-hydrogen) atoms. The first-order valence-electron chi connectivity index (χ1n) is 6.64. The standard InChI is InChI=1S/C15H20FNO/c1-9-4-5-11(16)12(8-9)17-13-10-6-7-18-14(10)15(13,2)3/h4-5,8,10,13-14,17H,6-7H2,1-3H3. The van der Waals surface area contributed by atoms with Crippen molar-refractivity contribution in [3.05, 3.63) is 29.6 Å². The van der Waals surface area contributed by atoms with Gasteiger partial charge in [-0.15, -0.1) is 0 Å². The van der Waals surface area contributed by atoms with E-state index in [9.17, 15) is 4.39 Å². The molecule has 98 valence electrons. The lowest BCUT2D eigenvalue weighted by Gasteiger charge is -2.55. The molecule has 1 aromatic rings. The van der Waals surface area contributed by atoms with E-state index in [4.69, 9.17) is 4.74 Å². The number of hydrogen-bond acceptors (Lipinski definition) is 2. The first-order valence-corrected chi connectivity index (χ1v) is 6.64. The molecule has 3 atom stereocenters. The Morgan fingerprint density at radius 3 is 2.94 bits per heavy atom. The maximum absolute atomic E-state index is 13.8. The summed E-state index contributed by atoms with van der Waals surface area (Å²) < 4.78 is 19.5. The van der Waals surface area contributed by atoms with Gasteiger partial charge in [0.05, 0.1) is 11.8 Å². The van der Waals surface area contributed by atoms with Crippen molar-refractivity contribution in [1.29, 1.82) is 0 Å². The summed E-state index contributed by atoms with van der Waals surface area (Å²) in [4.78, 5) is 0. The van der Waals surface area contributed by atoms with Crippen molar-refractivity contribution in [2.24, 2.45) is 11.3 Å². The molecule has 1 aliphatic heterocycles. The van der Waals surface area contributed by atoms with E-state index >= 15 is 0 Å². The highest BCUT2D eigenvalue weighted by Gasteiger charge is 2.59. The van der Waals surface area contributed by atoms with E-state index in [0.717, 1.165) is 18.6 Å². The van der Waals surface area contributed by atoms with Crippen molar-refractivity contribution >= 4 is 5.69 Å². The van der Waals surface area contributed by atoms with Gasteiger partial charge in [-0.2, -0.15) is 0 Å². The fourth-order valence-corrected chi connectivity index (χ4v) is 3.53. The zero-order chi connectivity index (χ0) is 12.9. The Balaban J connectivity index is 1.82. The average Bonchev–Trinajstić information content (AvgIpc) is 2.77. The van der Waals surface area contributed by atoms with Crippen LogP contribution in [0, 0.1) is 24.1 Å². The fraction of sp³-hybridized carbons (Fsp3) is 0.600. The van der Waals surface area contributed by atoms with Crippen LogP contribution in [0.4, 0.5) is 10.1 Å². The lowest BCUT2D eigenvalue weighted by molar-refractivity contribution is -0.0923. The summed E-state index contributed by atoms with van der Waals surface area (Å²) in [6, 6.07) is 5.52. The summed E-state index contributed by atoms with van der Waals surface area (Å²) in [5.74, 6) is 0.360. The first-order chi connectivity index (χ1) is 8.50. The normalized spacial score (nSPS) is 32.8. The van der Waals surface area contributed by atoms with E-state index in [0.29, 0.717) is 23.8 Å². The van der Waals surface area contributed by atoms with Crippen LogP contribution in [-0.2, 0) is 4.74 Å². The molecule has 2 nitrogen and oxygen atoms in total. The van der Waals surface area contributed by atoms with Crippen LogP contribution in [0.25, 0.3) is 0 Å². The molecule has 1 saturated heterocycles. The summed E-state index contributed by atoms with van der Waals surface area (Å²) in [7, 11) is 0. The number of aryl methyl sites for hydroxylation is 1. The molecular formula is C15H20FNO. The summed E-state index contributed by atoms with van der Waals surface area (Å²) in [5.41, 5.74) is 1.78. The van der Waals surface area contributed by atoms with E-state index < -0.39 is 0 Å². The van der Waals surface area contributed by atoms with Gasteiger partial charge in [0.25, 0.3) is 0 Å². The molecule has 3 rings (SSSR count). The molecule has 1 heterocycles. The van der Waals surface area contributed by atoms with Gasteiger partial charge in [-0.3, -0.25) is 0 Å². The van der Waals surface area contributed by atoms with E-state index in [2.05, 4.69) is 19.2 Å². The van der Waals surface area contributed by atoms with Crippen molar-refractivity contribution in [3.63, 3.8) is 0 Å². The maximum Gasteiger partial charge on any atom is 0.146 e. The number of fused-ring (bicyclic) bond motifs is 1. The third-order valence-electron chi connectivity index (χ3n) is 4.53. The molecular weight excluding hydrogens is 229 g/mol. The second-order valence-electron chi connectivity index (χ2n) is 6.17. The van der Waals surface area contributed by atoms with Gasteiger partial charge in [0, 0.05) is 24.0 Å². The van der Waals surface area contributed by atoms with Gasteiger partial charge in [-0.25, -0.2) is 4.39 Å². The fourth-order valence-electron chi connectivity index (χ4n) is 3.53. The van der Waals surface area contributed by atoms with E-state index in [-0.39, 0.29) is 11.2 Å². The zero-order valence-corrected chi connectivity index (χ0v) is 11.2. The molecule has 0 spiro atoms. The SMILES string of the molecule is Cc1ccc(F)c(NC2C3CCOC3C2(C)C)c1. The third-order valence-corrected chi connectivity index (χ3v) is 4.53. The largest absolute Gasteiger partial charge is 0.379 e. The Kier molecular flexibility index (Phi) is 2.63. The van der Waals surface area contributed by atoms with E-state index in [1.807, 2.05) is 13.0 Å². The summed E-state index contributed by atoms with van der Waals surface area (Å²) in [5, 5.41) is 3.39. The van der Waals surface area contributed by atoms with Gasteiger partial charge in [0.2, 0.25) is 0 Å². The quantitative estimate of drug-likeness (QED) is 0.867. The molecule has 0 aromatic heterocycles. The van der Waals surface area contributed by atoms with Crippen molar-refractivity contribution in [3.8, 4) is 0 Å². The van der Waals surface area contributed by atoms with Crippen molar-refractivity contribution in [1.82, 2.24) is 0 Å². The van der Waals surface area contributed by atoms with Crippen LogP contribution < -0.4 is 5.32 Å². The molecule has 2 aliphatic rings. The summed E-state index contributed by atoms with van der Waals surface area (Å²) in [6.07, 6.45) is 1.42. The maximum atomic E-state index is 13.8. The van der Waals surface area contributed by atoms with Crippen LogP contribution >= 0.6 is 0 Å². The Hall–Kier alpha value is -1.09. The third kappa shape index (κ3) is 1.64. The average molecular weight is 249 g/mol. The van der Waals surface area contributed by atoms with Gasteiger partial charge >= 0.3 is 0 Å². The molecule has 1 aromatic carbocycles. The van der Waals surface area contributed by atoms with Gasteiger partial charge < -0.3 is 10.1 Å². The Morgan fingerprint density at radius 1 is 1.39 bits per heavy atom. The summed E-state index contributed by atoms with van der Waals surface area (Å²) in [6.45, 7) is 7.22. The van der Waals surface area contributed by atoms with Crippen LogP contribution in [0.15, 0.2) is 18.2 Å². The number of anilines is 1. The zero-order valence-electron chi connectivity index (χ0n) is 11.2. The number of halogens is 1. The van der Waals surface area contributed by atoms with Gasteiger partial charge in [-0.1, -0.05) is 19.9 Å². The molecule has 3 unspecified atom stereocenters. The van der Waals surface area contributed by atoms with Crippen LogP contribution in [0.5, 0.6) is 0 Å². The minimum Gasteiger partial charge on any atom is -0.379 e. The van der Waals surface area contributed by atoms with Crippen molar-refractivity contribution in [2.45, 2.75) is 39.3 Å². The second kappa shape index (κ2) is 3.95. The predicted molar refractivity (Wildman–Crippen MR) is 70.2 cm³/mol. The smallest absolute Gasteiger partial charge is 0.146 e. The minimum atomic E-state index is -0.168. The number of ether oxygens (including phenoxy) is 1. The summed E-state index contributed by atoms with van der Waals surface area (Å²) >= 11 is 0. The molecule has 0 bridgehead atoms. The Labute approximate surface area is 108 Å². The number of benzene rings is 1. The highest BCUT2D eigenvalue weighted by atomic mass is 19.1. The molecule has 1 N–H and O–H groups in total. The topological polar surface area (TPSA) is 21.3 Å². The van der Waals surface area contributed by atoms with Gasteiger partial charge in [-0.05, 0) is 31.0 Å². The number of nitrogens with one attached hydrogen (secondary N) is 1. The molecule has 2 fully saturated rings. The lowest BCUT2D eigenvalue weighted by atomic mass is 9.57. The van der Waals surface area contributed by atoms with Gasteiger partial charge in [0.15, 0.2) is 0 Å². The monoisotopic (exact) mass is 249 g/mol. The first kappa shape index (κ1) is 12.0. The molecule has 1 saturated carbocycles. The van der Waals surface area contributed by atoms with Crippen LogP contribution in [0.3, 0.4) is 0 Å². The second-order valence-corrected chi connectivity index (χ2v) is 6.17. The lowest BCUT2D eigenvalue weighted by Crippen LogP contribution is -2.63. The highest BCUT2D eigenvalue weighted by molar-refractivity contribution is 5.49. The van der Waals surface area contributed by atoms with Crippen LogP contribution in [-0.4, -0.2) is 18.8 Å².